The van der Waals surface area contributed by atoms with Gasteiger partial charge in [0.25, 0.3) is 11.7 Å². The highest BCUT2D eigenvalue weighted by atomic mass is 16.7. The molecule has 54 heavy (non-hydrogen) atoms. The van der Waals surface area contributed by atoms with E-state index in [-0.39, 0.29) is 44.5 Å². The molecule has 0 radical (unpaired) electrons. The minimum absolute atomic E-state index is 0.0446. The van der Waals surface area contributed by atoms with Crippen molar-refractivity contribution in [3.05, 3.63) is 52.8 Å². The minimum Gasteiger partial charge on any atom is -0.507 e. The van der Waals surface area contributed by atoms with Gasteiger partial charge in [-0.2, -0.15) is 5.10 Å². The van der Waals surface area contributed by atoms with E-state index in [0.717, 1.165) is 6.21 Å². The van der Waals surface area contributed by atoms with Crippen molar-refractivity contribution in [1.82, 2.24) is 5.43 Å². The Labute approximate surface area is 313 Å². The third-order valence-electron chi connectivity index (χ3n) is 10.4. The maximum absolute atomic E-state index is 14.2. The first kappa shape index (κ1) is 41.6. The SMILES string of the molecule is CN/N=C/c1c2c(O)c3c(O)c(C)c4c(c3c1O)C(=O)[C@@](C)(O/C=C/[C@H](OC)[C@@H](C)[C@@H](OC(C)=O)[C@H](C)[C@H](O)[C@H](C)[C@@H](O)[C@@H](C)/C=C/C=C(/C)C(=O)N2)O4. The molecule has 0 saturated carbocycles. The molecule has 0 spiro atoms. The lowest BCUT2D eigenvalue weighted by Crippen LogP contribution is -2.46. The Morgan fingerprint density at radius 1 is 0.981 bits per heavy atom. The van der Waals surface area contributed by atoms with Crippen LogP contribution in [0.3, 0.4) is 0 Å². The number of allylic oxidation sites excluding steroid dienone is 2. The van der Waals surface area contributed by atoms with Crippen molar-refractivity contribution < 1.29 is 58.9 Å². The normalized spacial score (nSPS) is 31.7. The molecular weight excluding hydrogens is 702 g/mol. The maximum atomic E-state index is 14.2. The number of carbonyl (C=O) groups is 3. The van der Waals surface area contributed by atoms with Crippen molar-refractivity contribution in [3.63, 3.8) is 0 Å². The Hall–Kier alpha value is -5.12. The summed E-state index contributed by atoms with van der Waals surface area (Å²) >= 11 is 0. The molecule has 9 atom stereocenters. The van der Waals surface area contributed by atoms with Crippen LogP contribution in [0.1, 0.15) is 70.0 Å². The number of esters is 1. The first-order chi connectivity index (χ1) is 25.3. The average Bonchev–Trinajstić information content (AvgIpc) is 3.39. The second-order valence-corrected chi connectivity index (χ2v) is 14.1. The molecule has 2 aromatic carbocycles. The number of rotatable bonds is 4. The number of carbonyl (C=O) groups excluding carboxylic acids is 3. The second kappa shape index (κ2) is 16.5. The number of anilines is 1. The summed E-state index contributed by atoms with van der Waals surface area (Å²) in [6.07, 6.45) is 4.62. The topological polar surface area (TPSA) is 226 Å². The number of nitrogens with zero attached hydrogens (tertiary/aromatic N) is 1. The van der Waals surface area contributed by atoms with Crippen LogP contribution in [-0.4, -0.2) is 93.8 Å². The highest BCUT2D eigenvalue weighted by molar-refractivity contribution is 6.23. The van der Waals surface area contributed by atoms with Gasteiger partial charge in [0.1, 0.15) is 23.4 Å². The third-order valence-corrected chi connectivity index (χ3v) is 10.4. The van der Waals surface area contributed by atoms with E-state index in [1.54, 1.807) is 39.8 Å². The highest BCUT2D eigenvalue weighted by Gasteiger charge is 2.50. The van der Waals surface area contributed by atoms with E-state index in [4.69, 9.17) is 18.9 Å². The van der Waals surface area contributed by atoms with Crippen LogP contribution in [0.15, 0.2) is 41.2 Å². The van der Waals surface area contributed by atoms with Gasteiger partial charge in [-0.1, -0.05) is 45.9 Å². The van der Waals surface area contributed by atoms with Crippen LogP contribution in [0, 0.1) is 30.6 Å². The Kier molecular flexibility index (Phi) is 12.7. The molecule has 15 heteroatoms. The molecule has 294 valence electrons. The van der Waals surface area contributed by atoms with Crippen molar-refractivity contribution in [3.8, 4) is 23.0 Å². The van der Waals surface area contributed by atoms with E-state index in [2.05, 4.69) is 15.8 Å². The lowest BCUT2D eigenvalue weighted by atomic mass is 9.78. The smallest absolute Gasteiger partial charge is 0.312 e. The first-order valence-electron chi connectivity index (χ1n) is 17.6. The monoisotopic (exact) mass is 753 g/mol. The van der Waals surface area contributed by atoms with Crippen LogP contribution in [-0.2, 0) is 23.8 Å². The lowest BCUT2D eigenvalue weighted by Gasteiger charge is -2.38. The summed E-state index contributed by atoms with van der Waals surface area (Å²) in [7, 11) is 2.91. The van der Waals surface area contributed by atoms with E-state index in [9.17, 15) is 39.9 Å². The fourth-order valence-corrected chi connectivity index (χ4v) is 7.00. The van der Waals surface area contributed by atoms with E-state index in [1.165, 1.54) is 60.3 Å². The van der Waals surface area contributed by atoms with Crippen LogP contribution in [0.5, 0.6) is 23.0 Å². The number of benzene rings is 2. The zero-order valence-electron chi connectivity index (χ0n) is 32.1. The number of phenols is 3. The standard InChI is InChI=1S/C39H51N3O12/c1-17-12-11-13-18(2)38(50)42-29-24(16-41-40-9)33(47)26-27(34(29)48)32(46)22(6)36-28(26)37(49)39(8,54-36)52-15-14-25(51-10)19(3)35(53-23(7)43)21(5)31(45)20(4)30(17)44/h11-17,19-21,25,30-31,35,40,44-48H,1-10H3,(H,42,50)/b12-11+,15-14+,18-13-,41-16+/t17-,19+,20+,21+,25-,30-,31+,35+,39-/m0/s1. The number of aromatic hydroxyl groups is 3. The number of methoxy groups -OCH3 is 1. The summed E-state index contributed by atoms with van der Waals surface area (Å²) in [6, 6.07) is 0. The predicted octanol–water partition coefficient (Wildman–Crippen LogP) is 4.31. The van der Waals surface area contributed by atoms with E-state index < -0.39 is 88.8 Å². The number of aliphatic hydroxyl groups is 2. The van der Waals surface area contributed by atoms with E-state index >= 15 is 0 Å². The summed E-state index contributed by atoms with van der Waals surface area (Å²) in [4.78, 5) is 39.9. The van der Waals surface area contributed by atoms with Crippen molar-refractivity contribution >= 4 is 40.3 Å². The van der Waals surface area contributed by atoms with Gasteiger partial charge in [0.15, 0.2) is 5.75 Å². The molecule has 0 aromatic heterocycles. The molecule has 5 bridgehead atoms. The molecule has 15 nitrogen and oxygen atoms in total. The van der Waals surface area contributed by atoms with Gasteiger partial charge >= 0.3 is 11.8 Å². The molecule has 0 aliphatic carbocycles. The summed E-state index contributed by atoms with van der Waals surface area (Å²) < 4.78 is 23.4. The number of hydrazone groups is 1. The van der Waals surface area contributed by atoms with Crippen molar-refractivity contribution in [2.45, 2.75) is 85.6 Å². The molecule has 3 heterocycles. The molecule has 3 aliphatic rings. The Morgan fingerprint density at radius 3 is 2.26 bits per heavy atom. The molecule has 0 unspecified atom stereocenters. The summed E-state index contributed by atoms with van der Waals surface area (Å²) in [5.74, 6) is -8.46. The van der Waals surface area contributed by atoms with Crippen LogP contribution < -0.4 is 15.5 Å². The average molecular weight is 754 g/mol. The number of hydrogen-bond acceptors (Lipinski definition) is 14. The number of hydrogen-bond donors (Lipinski definition) is 7. The fourth-order valence-electron chi connectivity index (χ4n) is 7.00. The number of amides is 1. The first-order valence-corrected chi connectivity index (χ1v) is 17.6. The summed E-state index contributed by atoms with van der Waals surface area (Å²) in [6.45, 7) is 12.4. The highest BCUT2D eigenvalue weighted by Crippen LogP contribution is 2.55. The van der Waals surface area contributed by atoms with Crippen molar-refractivity contribution in [2.24, 2.45) is 28.8 Å². The van der Waals surface area contributed by atoms with Crippen LogP contribution >= 0.6 is 0 Å². The summed E-state index contributed by atoms with van der Waals surface area (Å²) in [5, 5.41) is 63.4. The van der Waals surface area contributed by atoms with Gasteiger partial charge in [-0.25, -0.2) is 0 Å². The molecule has 7 N–H and O–H groups in total. The predicted molar refractivity (Wildman–Crippen MR) is 200 cm³/mol. The lowest BCUT2D eigenvalue weighted by molar-refractivity contribution is -0.160. The van der Waals surface area contributed by atoms with Gasteiger partial charge in [-0.3, -0.25) is 14.4 Å². The van der Waals surface area contributed by atoms with Crippen molar-refractivity contribution in [1.29, 1.82) is 0 Å². The number of Topliss-reactive ketones (excluding diaryl/α,β-unsaturated/α-hetero) is 1. The quantitative estimate of drug-likeness (QED) is 0.0761. The third kappa shape index (κ3) is 7.74. The van der Waals surface area contributed by atoms with Gasteiger partial charge in [-0.15, -0.1) is 0 Å². The molecular formula is C39H51N3O12. The molecule has 0 saturated heterocycles. The van der Waals surface area contributed by atoms with Gasteiger partial charge in [0, 0.05) is 68.2 Å². The molecule has 5 rings (SSSR count). The Bertz CT molecular complexity index is 1920. The zero-order chi connectivity index (χ0) is 40.4. The number of ketones is 1. The van der Waals surface area contributed by atoms with Crippen LogP contribution in [0.25, 0.3) is 10.8 Å². The van der Waals surface area contributed by atoms with Gasteiger partial charge in [-0.05, 0) is 19.9 Å². The minimum atomic E-state index is -2.04. The van der Waals surface area contributed by atoms with Crippen molar-refractivity contribution in [2.75, 3.05) is 19.5 Å². The van der Waals surface area contributed by atoms with Crippen LogP contribution in [0.2, 0.25) is 0 Å². The van der Waals surface area contributed by atoms with Gasteiger partial charge < -0.3 is 55.2 Å². The second-order valence-electron chi connectivity index (χ2n) is 14.1. The summed E-state index contributed by atoms with van der Waals surface area (Å²) in [5.41, 5.74) is 2.05. The molecule has 0 fully saturated rings. The molecule has 3 aliphatic heterocycles. The number of ether oxygens (including phenoxy) is 4. The van der Waals surface area contributed by atoms with E-state index in [1.807, 2.05) is 0 Å². The fraction of sp³-hybridized carbons (Fsp3) is 0.487. The molecule has 1 amide bonds. The largest absolute Gasteiger partial charge is 0.507 e. The van der Waals surface area contributed by atoms with E-state index in [0.29, 0.717) is 0 Å². The number of phenolic OH excluding ortho intramolecular Hbond substituents is 3. The number of fused-ring (bicyclic) bond motifs is 14. The Morgan fingerprint density at radius 2 is 1.65 bits per heavy atom. The Balaban J connectivity index is 1.96. The van der Waals surface area contributed by atoms with Gasteiger partial charge in [0.05, 0.1) is 53.0 Å². The van der Waals surface area contributed by atoms with Crippen LogP contribution in [0.4, 0.5) is 5.69 Å². The number of aliphatic hydroxyl groups excluding tert-OH is 2. The molecule has 2 aromatic rings. The maximum Gasteiger partial charge on any atom is 0.312 e. The number of nitrogens with one attached hydrogen (secondary N) is 2. The van der Waals surface area contributed by atoms with Gasteiger partial charge in [0.2, 0.25) is 0 Å². The zero-order valence-corrected chi connectivity index (χ0v) is 32.1.